The van der Waals surface area contributed by atoms with Crippen LogP contribution < -0.4 is 10.3 Å². The van der Waals surface area contributed by atoms with Gasteiger partial charge in [-0.2, -0.15) is 16.7 Å². The number of aromatic nitrogens is 2. The molecule has 0 unspecified atom stereocenters. The predicted molar refractivity (Wildman–Crippen MR) is 82.5 cm³/mol. The molecule has 1 aromatic rings. The van der Waals surface area contributed by atoms with Crippen LogP contribution in [-0.2, 0) is 19.5 Å². The van der Waals surface area contributed by atoms with Crippen LogP contribution in [0.5, 0.6) is 6.01 Å². The van der Waals surface area contributed by atoms with Crippen LogP contribution in [0.2, 0.25) is 0 Å². The van der Waals surface area contributed by atoms with Gasteiger partial charge in [0.05, 0.1) is 23.9 Å². The average Bonchev–Trinajstić information content (AvgIpc) is 2.89. The van der Waals surface area contributed by atoms with Gasteiger partial charge in [0.25, 0.3) is 0 Å². The molecule has 0 amide bonds. The fourth-order valence-corrected chi connectivity index (χ4v) is 2.82. The lowest BCUT2D eigenvalue weighted by atomic mass is 9.86. The van der Waals surface area contributed by atoms with Crippen molar-refractivity contribution in [3.8, 4) is 6.01 Å². The number of hydrogen-bond donors (Lipinski definition) is 0. The summed E-state index contributed by atoms with van der Waals surface area (Å²) in [5, 5.41) is 0. The molecular weight excluding hydrogens is 309 g/mol. The van der Waals surface area contributed by atoms with Crippen molar-refractivity contribution in [1.82, 2.24) is 13.3 Å². The molecule has 1 aliphatic heterocycles. The van der Waals surface area contributed by atoms with Crippen molar-refractivity contribution in [2.45, 2.75) is 38.9 Å². The van der Waals surface area contributed by atoms with Gasteiger partial charge >= 0.3 is 23.3 Å². The van der Waals surface area contributed by atoms with E-state index in [9.17, 15) is 8.42 Å². The van der Waals surface area contributed by atoms with Crippen LogP contribution in [0.4, 0.5) is 0 Å². The highest BCUT2D eigenvalue weighted by molar-refractivity contribution is 7.87. The molecule has 0 aromatic carbocycles. The summed E-state index contributed by atoms with van der Waals surface area (Å²) in [5.41, 5.74) is -0.717. The molecule has 0 atom stereocenters. The first-order valence-corrected chi connectivity index (χ1v) is 8.24. The molecule has 10 heteroatoms. The van der Waals surface area contributed by atoms with Crippen molar-refractivity contribution >= 4 is 22.9 Å². The predicted octanol–water partition coefficient (Wildman–Crippen LogP) is -0.155. The van der Waals surface area contributed by atoms with Crippen molar-refractivity contribution < 1.29 is 22.5 Å². The van der Waals surface area contributed by atoms with E-state index in [-0.39, 0.29) is 6.01 Å². The fourth-order valence-electron chi connectivity index (χ4n) is 1.92. The van der Waals surface area contributed by atoms with Crippen molar-refractivity contribution in [3.63, 3.8) is 0 Å². The molecule has 1 saturated heterocycles. The highest BCUT2D eigenvalue weighted by Gasteiger charge is 2.53. The second-order valence-electron chi connectivity index (χ2n) is 6.33. The first kappa shape index (κ1) is 17.3. The molecule has 0 saturated carbocycles. The Morgan fingerprint density at radius 3 is 2.14 bits per heavy atom. The standard InChI is InChI=1S/C12H22BN3O5S/c1-11(2)12(3,4)21-13(20-11)9-8-16(10(14-9)19-7)22(17,18)15(5)6/h8H,1-7H3. The molecule has 1 fully saturated rings. The van der Waals surface area contributed by atoms with E-state index in [1.807, 2.05) is 27.7 Å². The molecular formula is C12H22BN3O5S. The van der Waals surface area contributed by atoms with Gasteiger partial charge < -0.3 is 14.0 Å². The maximum Gasteiger partial charge on any atom is 0.516 e. The summed E-state index contributed by atoms with van der Waals surface area (Å²) in [7, 11) is -0.260. The molecule has 2 heterocycles. The number of imidazole rings is 1. The summed E-state index contributed by atoms with van der Waals surface area (Å²) in [6.07, 6.45) is 1.36. The monoisotopic (exact) mass is 331 g/mol. The zero-order valence-corrected chi connectivity index (χ0v) is 14.8. The molecule has 0 aliphatic carbocycles. The quantitative estimate of drug-likeness (QED) is 0.714. The van der Waals surface area contributed by atoms with E-state index in [4.69, 9.17) is 14.0 Å². The van der Waals surface area contributed by atoms with Crippen LogP contribution in [0.15, 0.2) is 6.20 Å². The molecule has 1 aliphatic rings. The van der Waals surface area contributed by atoms with Crippen molar-refractivity contribution in [2.24, 2.45) is 0 Å². The summed E-state index contributed by atoms with van der Waals surface area (Å²) in [5.74, 6) is 0. The van der Waals surface area contributed by atoms with Gasteiger partial charge in [-0.15, -0.1) is 0 Å². The van der Waals surface area contributed by atoms with Gasteiger partial charge in [0, 0.05) is 20.3 Å². The smallest absolute Gasteiger partial charge is 0.467 e. The highest BCUT2D eigenvalue weighted by atomic mass is 32.2. The molecule has 2 rings (SSSR count). The molecule has 22 heavy (non-hydrogen) atoms. The van der Waals surface area contributed by atoms with Gasteiger partial charge in [0.15, 0.2) is 0 Å². The topological polar surface area (TPSA) is 82.9 Å². The van der Waals surface area contributed by atoms with E-state index in [0.717, 1.165) is 8.28 Å². The Labute approximate surface area is 131 Å². The average molecular weight is 331 g/mol. The minimum atomic E-state index is -3.73. The van der Waals surface area contributed by atoms with Crippen LogP contribution >= 0.6 is 0 Å². The molecule has 0 spiro atoms. The largest absolute Gasteiger partial charge is 0.516 e. The highest BCUT2D eigenvalue weighted by Crippen LogP contribution is 2.36. The SMILES string of the molecule is COc1nc(B2OC(C)(C)C(C)(C)O2)cn1S(=O)(=O)N(C)C. The van der Waals surface area contributed by atoms with Gasteiger partial charge in [-0.05, 0) is 27.7 Å². The lowest BCUT2D eigenvalue weighted by Gasteiger charge is -2.32. The minimum absolute atomic E-state index is 0.0431. The zero-order chi connectivity index (χ0) is 16.9. The number of ether oxygens (including phenoxy) is 1. The lowest BCUT2D eigenvalue weighted by molar-refractivity contribution is 0.00578. The Morgan fingerprint density at radius 1 is 1.23 bits per heavy atom. The van der Waals surface area contributed by atoms with Gasteiger partial charge in [-0.3, -0.25) is 0 Å². The first-order valence-electron chi connectivity index (χ1n) is 6.84. The number of nitrogens with zero attached hydrogens (tertiary/aromatic N) is 3. The van der Waals surface area contributed by atoms with Crippen molar-refractivity contribution in [1.29, 1.82) is 0 Å². The van der Waals surface area contributed by atoms with Crippen molar-refractivity contribution in [3.05, 3.63) is 6.20 Å². The van der Waals surface area contributed by atoms with Gasteiger partial charge in [0.2, 0.25) is 0 Å². The molecule has 1 aromatic heterocycles. The third kappa shape index (κ3) is 2.64. The van der Waals surface area contributed by atoms with Crippen LogP contribution in [0, 0.1) is 0 Å². The molecule has 124 valence electrons. The maximum absolute atomic E-state index is 12.3. The summed E-state index contributed by atoms with van der Waals surface area (Å²) in [6, 6.07) is -0.0431. The summed E-state index contributed by atoms with van der Waals surface area (Å²) < 4.78 is 43.4. The Hall–Kier alpha value is -1.10. The van der Waals surface area contributed by atoms with Crippen molar-refractivity contribution in [2.75, 3.05) is 21.2 Å². The minimum Gasteiger partial charge on any atom is -0.467 e. The Bertz CT molecular complexity index is 652. The van der Waals surface area contributed by atoms with Crippen LogP contribution in [0.25, 0.3) is 0 Å². The molecule has 0 bridgehead atoms. The third-order valence-electron chi connectivity index (χ3n) is 4.05. The van der Waals surface area contributed by atoms with Crippen LogP contribution in [0.1, 0.15) is 27.7 Å². The van der Waals surface area contributed by atoms with Gasteiger partial charge in [-0.1, -0.05) is 0 Å². The second kappa shape index (κ2) is 5.22. The van der Waals surface area contributed by atoms with E-state index >= 15 is 0 Å². The number of methoxy groups -OCH3 is 1. The zero-order valence-electron chi connectivity index (χ0n) is 13.9. The third-order valence-corrected chi connectivity index (χ3v) is 5.73. The Balaban J connectivity index is 2.43. The van der Waals surface area contributed by atoms with E-state index in [1.54, 1.807) is 0 Å². The van der Waals surface area contributed by atoms with Gasteiger partial charge in [-0.25, -0.2) is 4.98 Å². The van der Waals surface area contributed by atoms with Crippen LogP contribution in [0.3, 0.4) is 0 Å². The van der Waals surface area contributed by atoms with Crippen LogP contribution in [-0.4, -0.2) is 61.2 Å². The number of hydrogen-bond acceptors (Lipinski definition) is 6. The van der Waals surface area contributed by atoms with E-state index < -0.39 is 28.5 Å². The van der Waals surface area contributed by atoms with E-state index in [1.165, 1.54) is 27.4 Å². The normalized spacial score (nSPS) is 20.6. The lowest BCUT2D eigenvalue weighted by Crippen LogP contribution is -2.41. The van der Waals surface area contributed by atoms with E-state index in [2.05, 4.69) is 4.98 Å². The second-order valence-corrected chi connectivity index (χ2v) is 8.35. The maximum atomic E-state index is 12.3. The van der Waals surface area contributed by atoms with Gasteiger partial charge in [0.1, 0.15) is 0 Å². The van der Waals surface area contributed by atoms with E-state index in [0.29, 0.717) is 5.59 Å². The summed E-state index contributed by atoms with van der Waals surface area (Å²) >= 11 is 0. The Morgan fingerprint density at radius 2 is 1.73 bits per heavy atom. The summed E-state index contributed by atoms with van der Waals surface area (Å²) in [6.45, 7) is 7.66. The Kier molecular flexibility index (Phi) is 4.10. The number of rotatable bonds is 4. The fraction of sp³-hybridized carbons (Fsp3) is 0.750. The molecule has 0 N–H and O–H groups in total. The molecule has 8 nitrogen and oxygen atoms in total. The summed E-state index contributed by atoms with van der Waals surface area (Å²) in [4.78, 5) is 4.18. The molecule has 0 radical (unpaired) electrons. The first-order chi connectivity index (χ1) is 9.92.